The molecule has 0 aliphatic carbocycles. The van der Waals surface area contributed by atoms with Gasteiger partial charge in [0.15, 0.2) is 0 Å². The lowest BCUT2D eigenvalue weighted by molar-refractivity contribution is 0.447. The van der Waals surface area contributed by atoms with Gasteiger partial charge in [-0.1, -0.05) is 53.5 Å². The van der Waals surface area contributed by atoms with E-state index in [0.717, 1.165) is 42.7 Å². The molecule has 0 aliphatic rings. The lowest BCUT2D eigenvalue weighted by Gasteiger charge is -2.11. The van der Waals surface area contributed by atoms with Gasteiger partial charge < -0.3 is 9.47 Å². The van der Waals surface area contributed by atoms with Crippen LogP contribution < -0.4 is 9.47 Å². The lowest BCUT2D eigenvalue weighted by atomic mass is 10.1. The second-order valence-corrected chi connectivity index (χ2v) is 11.3. The van der Waals surface area contributed by atoms with Crippen molar-refractivity contribution in [1.82, 2.24) is 19.9 Å². The van der Waals surface area contributed by atoms with Crippen LogP contribution in [0, 0.1) is 0 Å². The molecule has 0 atom stereocenters. The van der Waals surface area contributed by atoms with Crippen molar-refractivity contribution in [1.29, 1.82) is 0 Å². The molecule has 0 N–H and O–H groups in total. The van der Waals surface area contributed by atoms with Gasteiger partial charge in [0.2, 0.25) is 11.8 Å². The zero-order valence-corrected chi connectivity index (χ0v) is 23.6. The van der Waals surface area contributed by atoms with Crippen molar-refractivity contribution in [2.45, 2.75) is 0 Å². The minimum Gasteiger partial charge on any atom is -0.438 e. The van der Waals surface area contributed by atoms with Crippen LogP contribution in [0.3, 0.4) is 0 Å². The summed E-state index contributed by atoms with van der Waals surface area (Å²) in [6.07, 6.45) is 3.01. The van der Waals surface area contributed by atoms with Crippen LogP contribution in [-0.4, -0.2) is 19.9 Å². The maximum absolute atomic E-state index is 6.30. The number of nitrogens with zero attached hydrogens (tertiary/aromatic N) is 4. The van der Waals surface area contributed by atoms with Crippen LogP contribution in [0.15, 0.2) is 96.2 Å². The fourth-order valence-electron chi connectivity index (χ4n) is 4.36. The number of ether oxygens (including phenoxy) is 2. The predicted octanol–water partition coefficient (Wildman–Crippen LogP) is 9.92. The van der Waals surface area contributed by atoms with E-state index in [0.29, 0.717) is 33.3 Å². The summed E-state index contributed by atoms with van der Waals surface area (Å²) in [7, 11) is 0. The van der Waals surface area contributed by atoms with E-state index in [1.165, 1.54) is 35.3 Å². The van der Waals surface area contributed by atoms with Crippen LogP contribution in [0.5, 0.6) is 23.3 Å². The van der Waals surface area contributed by atoms with Crippen molar-refractivity contribution in [2.24, 2.45) is 0 Å². The van der Waals surface area contributed by atoms with Crippen LogP contribution in [0.1, 0.15) is 0 Å². The van der Waals surface area contributed by atoms with Crippen molar-refractivity contribution in [3.63, 3.8) is 0 Å². The van der Waals surface area contributed by atoms with Crippen LogP contribution >= 0.6 is 45.9 Å². The van der Waals surface area contributed by atoms with E-state index in [4.69, 9.17) is 32.7 Å². The van der Waals surface area contributed by atoms with Crippen LogP contribution in [-0.2, 0) is 0 Å². The first-order valence-corrected chi connectivity index (χ1v) is 14.6. The van der Waals surface area contributed by atoms with Gasteiger partial charge in [-0.2, -0.15) is 0 Å². The summed E-state index contributed by atoms with van der Waals surface area (Å²) in [5.74, 6) is 2.06. The molecule has 194 valence electrons. The van der Waals surface area contributed by atoms with E-state index in [9.17, 15) is 0 Å². The quantitative estimate of drug-likeness (QED) is 0.190. The van der Waals surface area contributed by atoms with Crippen LogP contribution in [0.2, 0.25) is 10.0 Å². The van der Waals surface area contributed by atoms with Gasteiger partial charge in [0, 0.05) is 38.0 Å². The van der Waals surface area contributed by atoms with Gasteiger partial charge >= 0.3 is 0 Å². The Bertz CT molecular complexity index is 1850. The van der Waals surface area contributed by atoms with E-state index in [1.54, 1.807) is 0 Å². The molecule has 0 spiro atoms. The maximum atomic E-state index is 6.30. The van der Waals surface area contributed by atoms with E-state index in [-0.39, 0.29) is 0 Å². The number of aromatic nitrogens is 4. The fraction of sp³-hybridized carbons (Fsp3) is 0. The molecule has 7 rings (SSSR count). The second-order valence-electron chi connectivity index (χ2n) is 8.71. The van der Waals surface area contributed by atoms with E-state index in [1.807, 2.05) is 72.8 Å². The highest BCUT2D eigenvalue weighted by Gasteiger charge is 2.17. The third-order valence-electron chi connectivity index (χ3n) is 6.22. The molecule has 10 heteroatoms. The van der Waals surface area contributed by atoms with Gasteiger partial charge in [-0.05, 0) is 47.5 Å². The number of fused-ring (bicyclic) bond motifs is 2. The van der Waals surface area contributed by atoms with Crippen molar-refractivity contribution < 1.29 is 9.47 Å². The van der Waals surface area contributed by atoms with Gasteiger partial charge in [-0.25, -0.2) is 19.9 Å². The van der Waals surface area contributed by atoms with Crippen molar-refractivity contribution in [3.8, 4) is 45.5 Å². The standard InChI is InChI=1S/C30H16Cl2N4O2S2/c31-19-8-4-17(5-9-19)23-13-39-29-25(23)27(33-15-35-29)37-21-2-1-3-22(12-21)38-28-26-24(14-40-30(26)36-16-34-28)18-6-10-20(32)11-7-18/h1-16H. The average molecular weight is 600 g/mol. The molecule has 0 bridgehead atoms. The molecule has 0 unspecified atom stereocenters. The number of benzene rings is 3. The summed E-state index contributed by atoms with van der Waals surface area (Å²) in [6.45, 7) is 0. The summed E-state index contributed by atoms with van der Waals surface area (Å²) in [6, 6.07) is 22.7. The molecule has 0 radical (unpaired) electrons. The first-order valence-electron chi connectivity index (χ1n) is 12.0. The SMILES string of the molecule is Clc1ccc(-c2csc3ncnc(Oc4cccc(Oc5ncnc6scc(-c7ccc(Cl)cc7)c56)c4)c23)cc1. The van der Waals surface area contributed by atoms with E-state index < -0.39 is 0 Å². The molecular formula is C30H16Cl2N4O2S2. The average Bonchev–Trinajstić information content (AvgIpc) is 3.60. The summed E-state index contributed by atoms with van der Waals surface area (Å²) < 4.78 is 12.6. The Kier molecular flexibility index (Phi) is 6.53. The van der Waals surface area contributed by atoms with Gasteiger partial charge in [0.25, 0.3) is 0 Å². The molecule has 0 amide bonds. The first-order chi connectivity index (χ1) is 19.6. The fourth-order valence-corrected chi connectivity index (χ4v) is 6.42. The Hall–Kier alpha value is -4.08. The van der Waals surface area contributed by atoms with Gasteiger partial charge in [0.05, 0.1) is 10.8 Å². The number of hydrogen-bond donors (Lipinski definition) is 0. The Balaban J connectivity index is 1.22. The monoisotopic (exact) mass is 598 g/mol. The largest absolute Gasteiger partial charge is 0.438 e. The molecule has 0 saturated carbocycles. The van der Waals surface area contributed by atoms with Crippen LogP contribution in [0.25, 0.3) is 42.7 Å². The topological polar surface area (TPSA) is 70.0 Å². The zero-order valence-electron chi connectivity index (χ0n) is 20.4. The highest BCUT2D eigenvalue weighted by atomic mass is 35.5. The summed E-state index contributed by atoms with van der Waals surface area (Å²) >= 11 is 15.3. The van der Waals surface area contributed by atoms with Crippen molar-refractivity contribution >= 4 is 66.3 Å². The molecule has 4 heterocycles. The molecular weight excluding hydrogens is 583 g/mol. The van der Waals surface area contributed by atoms with Gasteiger partial charge in [-0.3, -0.25) is 0 Å². The Labute approximate surface area is 246 Å². The Morgan fingerprint density at radius 2 is 1.00 bits per heavy atom. The number of hydrogen-bond acceptors (Lipinski definition) is 8. The van der Waals surface area contributed by atoms with Crippen molar-refractivity contribution in [2.75, 3.05) is 0 Å². The zero-order chi connectivity index (χ0) is 27.1. The molecule has 6 nitrogen and oxygen atoms in total. The minimum absolute atomic E-state index is 0.459. The predicted molar refractivity (Wildman–Crippen MR) is 162 cm³/mol. The third kappa shape index (κ3) is 4.76. The summed E-state index contributed by atoms with van der Waals surface area (Å²) in [4.78, 5) is 19.4. The number of rotatable bonds is 6. The van der Waals surface area contributed by atoms with E-state index >= 15 is 0 Å². The highest BCUT2D eigenvalue weighted by molar-refractivity contribution is 7.17. The van der Waals surface area contributed by atoms with Gasteiger partial charge in [0.1, 0.15) is 33.8 Å². The van der Waals surface area contributed by atoms with E-state index in [2.05, 4.69) is 30.7 Å². The minimum atomic E-state index is 0.459. The molecule has 3 aromatic carbocycles. The lowest BCUT2D eigenvalue weighted by Crippen LogP contribution is -1.93. The molecule has 4 aromatic heterocycles. The molecule has 7 aromatic rings. The number of halogens is 2. The second kappa shape index (κ2) is 10.5. The normalized spacial score (nSPS) is 11.2. The Morgan fingerprint density at radius 3 is 1.45 bits per heavy atom. The maximum Gasteiger partial charge on any atom is 0.231 e. The first kappa shape index (κ1) is 24.9. The highest BCUT2D eigenvalue weighted by Crippen LogP contribution is 2.41. The third-order valence-corrected chi connectivity index (χ3v) is 8.49. The smallest absolute Gasteiger partial charge is 0.231 e. The summed E-state index contributed by atoms with van der Waals surface area (Å²) in [5.41, 5.74) is 3.98. The molecule has 0 fully saturated rings. The molecule has 40 heavy (non-hydrogen) atoms. The molecule has 0 aliphatic heterocycles. The van der Waals surface area contributed by atoms with Crippen LogP contribution in [0.4, 0.5) is 0 Å². The summed E-state index contributed by atoms with van der Waals surface area (Å²) in [5, 5.41) is 7.13. The molecule has 0 saturated heterocycles. The van der Waals surface area contributed by atoms with Gasteiger partial charge in [-0.15, -0.1) is 22.7 Å². The number of thiophene rings is 2. The van der Waals surface area contributed by atoms with Crippen molar-refractivity contribution in [3.05, 3.63) is 106 Å². The Morgan fingerprint density at radius 1 is 0.550 bits per heavy atom.